The van der Waals surface area contributed by atoms with Crippen LogP contribution in [-0.2, 0) is 0 Å². The summed E-state index contributed by atoms with van der Waals surface area (Å²) in [5.41, 5.74) is 0.737. The van der Waals surface area contributed by atoms with Crippen LogP contribution in [0.4, 0.5) is 22.7 Å². The molecule has 30 heavy (non-hydrogen) atoms. The Balaban J connectivity index is 1.49. The number of amides is 1. The molecule has 1 N–H and O–H groups in total. The van der Waals surface area contributed by atoms with Crippen molar-refractivity contribution in [2.75, 3.05) is 11.9 Å². The Hall–Kier alpha value is -3.47. The molecule has 2 aromatic heterocycles. The van der Waals surface area contributed by atoms with Crippen LogP contribution in [0, 0.1) is 5.82 Å². The zero-order chi connectivity index (χ0) is 21.3. The number of nitrogens with one attached hydrogen (secondary N) is 1. The summed E-state index contributed by atoms with van der Waals surface area (Å²) in [7, 11) is 0. The van der Waals surface area contributed by atoms with Crippen molar-refractivity contribution < 1.29 is 27.1 Å². The summed E-state index contributed by atoms with van der Waals surface area (Å²) in [4.78, 5) is 16.7. The molecule has 1 amide bonds. The number of aromatic nitrogens is 3. The number of alkyl halides is 3. The Morgan fingerprint density at radius 3 is 2.73 bits per heavy atom. The van der Waals surface area contributed by atoms with Gasteiger partial charge in [-0.15, -0.1) is 0 Å². The summed E-state index contributed by atoms with van der Waals surface area (Å²) in [5, 5.41) is 6.89. The van der Waals surface area contributed by atoms with E-state index in [1.165, 1.54) is 47.3 Å². The molecule has 11 heteroatoms. The Morgan fingerprint density at radius 1 is 1.17 bits per heavy atom. The van der Waals surface area contributed by atoms with E-state index in [1.54, 1.807) is 12.1 Å². The number of halogens is 4. The molecule has 2 aromatic carbocycles. The first-order valence-electron chi connectivity index (χ1n) is 8.50. The first-order chi connectivity index (χ1) is 14.3. The molecule has 0 saturated heterocycles. The number of carbonyl (C=O) groups is 1. The van der Waals surface area contributed by atoms with E-state index < -0.39 is 24.5 Å². The molecule has 0 unspecified atom stereocenters. The zero-order valence-corrected chi connectivity index (χ0v) is 15.8. The Labute approximate surface area is 170 Å². The van der Waals surface area contributed by atoms with Crippen molar-refractivity contribution in [3.8, 4) is 11.4 Å². The fourth-order valence-corrected chi connectivity index (χ4v) is 3.48. The number of nitrogens with zero attached hydrogens (tertiary/aromatic N) is 3. The lowest BCUT2D eigenvalue weighted by Crippen LogP contribution is -2.19. The average Bonchev–Trinajstić information content (AvgIpc) is 3.32. The topological polar surface area (TPSA) is 69.0 Å². The molecule has 6 nitrogen and oxygen atoms in total. The summed E-state index contributed by atoms with van der Waals surface area (Å²) in [5.74, 6) is -0.995. The number of carbonyl (C=O) groups excluding carboxylic acids is 1. The highest BCUT2D eigenvalue weighted by Gasteiger charge is 2.28. The van der Waals surface area contributed by atoms with Crippen LogP contribution < -0.4 is 10.1 Å². The highest BCUT2D eigenvalue weighted by atomic mass is 32.1. The van der Waals surface area contributed by atoms with Gasteiger partial charge in [0.15, 0.2) is 17.4 Å². The van der Waals surface area contributed by atoms with Crippen LogP contribution in [0.5, 0.6) is 5.75 Å². The fraction of sp³-hybridized carbons (Fsp3) is 0.105. The monoisotopic (exact) mass is 436 g/mol. The molecule has 0 radical (unpaired) electrons. The Morgan fingerprint density at radius 2 is 1.97 bits per heavy atom. The lowest BCUT2D eigenvalue weighted by Gasteiger charge is -2.08. The fourth-order valence-electron chi connectivity index (χ4n) is 2.59. The van der Waals surface area contributed by atoms with Crippen molar-refractivity contribution in [1.29, 1.82) is 0 Å². The number of fused-ring (bicyclic) bond motifs is 1. The summed E-state index contributed by atoms with van der Waals surface area (Å²) >= 11 is 1.07. The van der Waals surface area contributed by atoms with E-state index in [9.17, 15) is 22.4 Å². The van der Waals surface area contributed by atoms with Crippen LogP contribution >= 0.6 is 11.3 Å². The molecule has 0 aliphatic heterocycles. The molecular weight excluding hydrogens is 424 g/mol. The van der Waals surface area contributed by atoms with Crippen LogP contribution in [0.1, 0.15) is 10.5 Å². The van der Waals surface area contributed by atoms with E-state index in [0.717, 1.165) is 11.3 Å². The van der Waals surface area contributed by atoms with Gasteiger partial charge >= 0.3 is 6.18 Å². The van der Waals surface area contributed by atoms with Gasteiger partial charge in [-0.25, -0.2) is 14.1 Å². The van der Waals surface area contributed by atoms with Crippen LogP contribution in [-0.4, -0.2) is 33.5 Å². The smallest absolute Gasteiger partial charge is 0.422 e. The van der Waals surface area contributed by atoms with Gasteiger partial charge < -0.3 is 4.74 Å². The average molecular weight is 436 g/mol. The van der Waals surface area contributed by atoms with Crippen molar-refractivity contribution in [1.82, 2.24) is 14.8 Å². The molecule has 2 heterocycles. The SMILES string of the molecule is O=C(Nc1nc2ccc(OCC(F)(F)F)cc2s1)c1ccn(-c2ccccc2F)n1. The number of ether oxygens (including phenoxy) is 1. The van der Waals surface area contributed by atoms with E-state index in [1.807, 2.05) is 0 Å². The Kier molecular flexibility index (Phi) is 5.12. The molecule has 0 saturated carbocycles. The quantitative estimate of drug-likeness (QED) is 0.456. The van der Waals surface area contributed by atoms with E-state index in [2.05, 4.69) is 15.4 Å². The van der Waals surface area contributed by atoms with E-state index in [4.69, 9.17) is 4.74 Å². The number of rotatable bonds is 5. The lowest BCUT2D eigenvalue weighted by atomic mass is 10.3. The Bertz CT molecular complexity index is 1220. The summed E-state index contributed by atoms with van der Waals surface area (Å²) in [6, 6.07) is 11.7. The minimum atomic E-state index is -4.44. The number of thiazole rings is 1. The third-order valence-corrected chi connectivity index (χ3v) is 4.84. The predicted molar refractivity (Wildman–Crippen MR) is 103 cm³/mol. The summed E-state index contributed by atoms with van der Waals surface area (Å²) < 4.78 is 57.2. The van der Waals surface area contributed by atoms with E-state index in [-0.39, 0.29) is 22.3 Å². The number of para-hydroxylation sites is 1. The minimum Gasteiger partial charge on any atom is -0.484 e. The standard InChI is InChI=1S/C19H12F4N4O2S/c20-12-3-1-2-4-15(12)27-8-7-14(26-27)17(28)25-18-24-13-6-5-11(9-16(13)30-18)29-10-19(21,22)23/h1-9H,10H2,(H,24,25,28). The second-order valence-electron chi connectivity index (χ2n) is 6.10. The van der Waals surface area contributed by atoms with Crippen molar-refractivity contribution in [2.24, 2.45) is 0 Å². The van der Waals surface area contributed by atoms with Crippen molar-refractivity contribution in [3.05, 3.63) is 66.2 Å². The van der Waals surface area contributed by atoms with Crippen LogP contribution in [0.3, 0.4) is 0 Å². The van der Waals surface area contributed by atoms with E-state index >= 15 is 0 Å². The molecule has 0 aliphatic carbocycles. The number of hydrogen-bond acceptors (Lipinski definition) is 5. The molecule has 0 spiro atoms. The molecule has 0 bridgehead atoms. The summed E-state index contributed by atoms with van der Waals surface area (Å²) in [6.07, 6.45) is -2.98. The lowest BCUT2D eigenvalue weighted by molar-refractivity contribution is -0.153. The second kappa shape index (κ2) is 7.75. The highest BCUT2D eigenvalue weighted by Crippen LogP contribution is 2.30. The normalized spacial score (nSPS) is 11.6. The highest BCUT2D eigenvalue weighted by molar-refractivity contribution is 7.22. The van der Waals surface area contributed by atoms with Crippen molar-refractivity contribution in [3.63, 3.8) is 0 Å². The zero-order valence-electron chi connectivity index (χ0n) is 15.0. The third kappa shape index (κ3) is 4.40. The first-order valence-corrected chi connectivity index (χ1v) is 9.32. The number of benzene rings is 2. The molecule has 0 atom stereocenters. The van der Waals surface area contributed by atoms with Gasteiger partial charge in [0, 0.05) is 6.20 Å². The molecule has 4 rings (SSSR count). The van der Waals surface area contributed by atoms with Gasteiger partial charge in [0.1, 0.15) is 17.3 Å². The minimum absolute atomic E-state index is 0.0463. The molecule has 4 aromatic rings. The molecule has 154 valence electrons. The van der Waals surface area contributed by atoms with Gasteiger partial charge in [-0.2, -0.15) is 18.3 Å². The molecular formula is C19H12F4N4O2S. The maximum absolute atomic E-state index is 13.9. The second-order valence-corrected chi connectivity index (χ2v) is 7.13. The van der Waals surface area contributed by atoms with Crippen LogP contribution in [0.25, 0.3) is 15.9 Å². The van der Waals surface area contributed by atoms with Crippen molar-refractivity contribution >= 4 is 32.6 Å². The van der Waals surface area contributed by atoms with Gasteiger partial charge in [-0.1, -0.05) is 23.5 Å². The predicted octanol–water partition coefficient (Wildman–Crippen LogP) is 4.81. The van der Waals surface area contributed by atoms with Gasteiger partial charge in [0.25, 0.3) is 5.91 Å². The summed E-state index contributed by atoms with van der Waals surface area (Å²) in [6.45, 7) is -1.40. The van der Waals surface area contributed by atoms with Gasteiger partial charge in [0.2, 0.25) is 0 Å². The van der Waals surface area contributed by atoms with Gasteiger partial charge in [-0.05, 0) is 36.4 Å². The van der Waals surface area contributed by atoms with Crippen LogP contribution in [0.2, 0.25) is 0 Å². The maximum atomic E-state index is 13.9. The maximum Gasteiger partial charge on any atom is 0.422 e. The number of hydrogen-bond donors (Lipinski definition) is 1. The largest absolute Gasteiger partial charge is 0.484 e. The van der Waals surface area contributed by atoms with Crippen molar-refractivity contribution in [2.45, 2.75) is 6.18 Å². The number of anilines is 1. The van der Waals surface area contributed by atoms with Gasteiger partial charge in [0.05, 0.1) is 10.2 Å². The molecule has 0 fully saturated rings. The van der Waals surface area contributed by atoms with Crippen LogP contribution in [0.15, 0.2) is 54.7 Å². The van der Waals surface area contributed by atoms with E-state index in [0.29, 0.717) is 10.2 Å². The third-order valence-electron chi connectivity index (χ3n) is 3.90. The first kappa shape index (κ1) is 19.8. The molecule has 0 aliphatic rings. The van der Waals surface area contributed by atoms with Gasteiger partial charge in [-0.3, -0.25) is 10.1 Å².